The van der Waals surface area contributed by atoms with Gasteiger partial charge in [-0.2, -0.15) is 0 Å². The van der Waals surface area contributed by atoms with Crippen LogP contribution in [0.1, 0.15) is 39.0 Å². The van der Waals surface area contributed by atoms with E-state index in [4.69, 9.17) is 9.47 Å². The second-order valence-corrected chi connectivity index (χ2v) is 15.5. The minimum absolute atomic E-state index is 0. The highest BCUT2D eigenvalue weighted by molar-refractivity contribution is 7.98. The molecule has 3 aromatic rings. The van der Waals surface area contributed by atoms with Gasteiger partial charge in [0.25, 0.3) is 0 Å². The van der Waals surface area contributed by atoms with Crippen molar-refractivity contribution in [3.63, 3.8) is 0 Å². The van der Waals surface area contributed by atoms with Crippen molar-refractivity contribution < 1.29 is 50.4 Å². The van der Waals surface area contributed by atoms with E-state index in [0.29, 0.717) is 18.4 Å². The van der Waals surface area contributed by atoms with Crippen LogP contribution in [0.25, 0.3) is 0 Å². The first-order valence-corrected chi connectivity index (χ1v) is 19.3. The Kier molecular flexibility index (Phi) is 19.7. The van der Waals surface area contributed by atoms with Gasteiger partial charge in [0.1, 0.15) is 41.8 Å². The fourth-order valence-corrected chi connectivity index (χ4v) is 10.4. The van der Waals surface area contributed by atoms with E-state index in [1.807, 2.05) is 18.2 Å². The number of nitrogens with zero attached hydrogens (tertiary/aromatic N) is 1. The fraction of sp³-hybridized carbons (Fsp3) is 0.361. The van der Waals surface area contributed by atoms with Gasteiger partial charge in [-0.1, -0.05) is 54.6 Å². The number of methoxy groups -OCH3 is 1. The van der Waals surface area contributed by atoms with E-state index < -0.39 is 49.6 Å². The smallest absolute Gasteiger partial charge is 0.328 e. The van der Waals surface area contributed by atoms with Crippen LogP contribution in [0.15, 0.2) is 95.6 Å². The van der Waals surface area contributed by atoms with Gasteiger partial charge < -0.3 is 42.4 Å². The summed E-state index contributed by atoms with van der Waals surface area (Å²) < 4.78 is 12.3. The number of unbranched alkanes of at least 4 members (excludes halogenated alkanes) is 1. The molecule has 0 aliphatic carbocycles. The van der Waals surface area contributed by atoms with Gasteiger partial charge in [0.05, 0.1) is 19.9 Å². The van der Waals surface area contributed by atoms with Gasteiger partial charge >= 0.3 is 11.9 Å². The molecule has 3 amide bonds. The van der Waals surface area contributed by atoms with Crippen LogP contribution in [-0.2, 0) is 33.4 Å². The molecule has 0 radical (unpaired) electrons. The average Bonchev–Trinajstić information content (AvgIpc) is 3.15. The lowest BCUT2D eigenvalue weighted by atomic mass is 10.1. The summed E-state index contributed by atoms with van der Waals surface area (Å²) in [6.07, 6.45) is 1.99. The molecular formula is C36H44BrN4O8PS. The second kappa shape index (κ2) is 23.4. The molecule has 15 heteroatoms. The molecule has 12 nitrogen and oxygen atoms in total. The SMILES string of the molecule is CCOC(=O)CNC(=O)C(CSN=O)NC(=O)CCC(NC(=O)CCCC[P+](c1ccccc1)(c1ccccc1)c1ccccc1)C(=O)OC.[Br-]. The minimum Gasteiger partial charge on any atom is -1.00 e. The molecule has 0 aliphatic rings. The maximum Gasteiger partial charge on any atom is 0.328 e. The van der Waals surface area contributed by atoms with Gasteiger partial charge in [0.2, 0.25) is 17.7 Å². The number of nitrogens with one attached hydrogen (secondary N) is 3. The molecule has 3 N–H and O–H groups in total. The standard InChI is InChI=1S/C36H43N4O8PS.BrH/c1-3-48-34(43)25-37-35(44)31(26-50-40-46)39-33(42)23-22-30(36(45)47-2)38-32(41)21-13-14-24-49(27-15-7-4-8-16-27,28-17-9-5-10-18-28)29-19-11-6-12-20-29;/h4-12,15-20,30-31H,3,13-14,21-26H2,1-2H3,(H2-,37,38,39,41,42,44);1H. The van der Waals surface area contributed by atoms with Crippen LogP contribution in [-0.4, -0.2) is 73.9 Å². The van der Waals surface area contributed by atoms with Gasteiger partial charge in [-0.25, -0.2) is 4.79 Å². The number of esters is 2. The molecule has 0 heterocycles. The van der Waals surface area contributed by atoms with Crippen LogP contribution >= 0.6 is 19.2 Å². The fourth-order valence-electron chi connectivity index (χ4n) is 5.50. The Balaban J connectivity index is 0.00000901. The van der Waals surface area contributed by atoms with Crippen LogP contribution in [0.2, 0.25) is 0 Å². The first-order valence-electron chi connectivity index (χ1n) is 16.3. The minimum atomic E-state index is -2.05. The van der Waals surface area contributed by atoms with Crippen molar-refractivity contribution in [1.29, 1.82) is 0 Å². The normalized spacial score (nSPS) is 11.9. The predicted molar refractivity (Wildman–Crippen MR) is 197 cm³/mol. The monoisotopic (exact) mass is 802 g/mol. The molecule has 0 bridgehead atoms. The molecule has 0 aromatic heterocycles. The van der Waals surface area contributed by atoms with E-state index >= 15 is 0 Å². The van der Waals surface area contributed by atoms with Crippen molar-refractivity contribution in [2.75, 3.05) is 32.2 Å². The number of nitroso groups, excluding NO2 is 1. The first kappa shape index (κ1) is 43.0. The summed E-state index contributed by atoms with van der Waals surface area (Å²) in [5.41, 5.74) is 0. The van der Waals surface area contributed by atoms with Crippen LogP contribution < -0.4 is 48.8 Å². The summed E-state index contributed by atoms with van der Waals surface area (Å²) in [6, 6.07) is 29.1. The van der Waals surface area contributed by atoms with E-state index in [2.05, 4.69) is 93.3 Å². The third kappa shape index (κ3) is 13.5. The number of hydrogen-bond acceptors (Lipinski definition) is 10. The second-order valence-electron chi connectivity index (χ2n) is 11.2. The maximum atomic E-state index is 13.1. The number of rotatable bonds is 21. The van der Waals surface area contributed by atoms with E-state index in [9.17, 15) is 28.9 Å². The van der Waals surface area contributed by atoms with Crippen molar-refractivity contribution in [3.8, 4) is 0 Å². The molecule has 3 rings (SSSR count). The third-order valence-electron chi connectivity index (χ3n) is 7.88. The lowest BCUT2D eigenvalue weighted by Crippen LogP contribution is -3.00. The van der Waals surface area contributed by atoms with Crippen molar-refractivity contribution in [1.82, 2.24) is 16.0 Å². The largest absolute Gasteiger partial charge is 1.00 e. The number of carbonyl (C=O) groups excluding carboxylic acids is 5. The molecule has 0 aliphatic heterocycles. The molecule has 274 valence electrons. The summed E-state index contributed by atoms with van der Waals surface area (Å²) >= 11 is 0.528. The molecule has 0 saturated heterocycles. The number of amides is 3. The highest BCUT2D eigenvalue weighted by Crippen LogP contribution is 2.55. The number of hydrogen-bond donors (Lipinski definition) is 3. The lowest BCUT2D eigenvalue weighted by molar-refractivity contribution is -0.145. The van der Waals surface area contributed by atoms with E-state index in [0.717, 1.165) is 12.6 Å². The maximum absolute atomic E-state index is 13.1. The van der Waals surface area contributed by atoms with E-state index in [1.165, 1.54) is 23.0 Å². The van der Waals surface area contributed by atoms with Crippen LogP contribution in [0, 0.1) is 4.91 Å². The zero-order chi connectivity index (χ0) is 36.2. The topological polar surface area (TPSA) is 169 Å². The zero-order valence-electron chi connectivity index (χ0n) is 28.6. The van der Waals surface area contributed by atoms with Crippen molar-refractivity contribution in [3.05, 3.63) is 95.9 Å². The Hall–Kier alpha value is -4.13. The van der Waals surface area contributed by atoms with Gasteiger partial charge in [-0.3, -0.25) is 19.2 Å². The summed E-state index contributed by atoms with van der Waals surface area (Å²) in [4.78, 5) is 73.1. The Morgan fingerprint density at radius 2 is 1.27 bits per heavy atom. The molecule has 0 fully saturated rings. The van der Waals surface area contributed by atoms with Gasteiger partial charge in [-0.15, -0.1) is 4.91 Å². The van der Waals surface area contributed by atoms with Crippen LogP contribution in [0.4, 0.5) is 0 Å². The summed E-state index contributed by atoms with van der Waals surface area (Å²) in [7, 11) is -0.859. The number of carbonyl (C=O) groups is 5. The third-order valence-corrected chi connectivity index (χ3v) is 13.0. The number of ether oxygens (including phenoxy) is 2. The lowest BCUT2D eigenvalue weighted by Gasteiger charge is -2.27. The van der Waals surface area contributed by atoms with Gasteiger partial charge in [-0.05, 0) is 62.6 Å². The Morgan fingerprint density at radius 3 is 1.76 bits per heavy atom. The average molecular weight is 804 g/mol. The van der Waals surface area contributed by atoms with Gasteiger partial charge in [0, 0.05) is 35.1 Å². The molecule has 0 saturated carbocycles. The predicted octanol–water partition coefficient (Wildman–Crippen LogP) is 0.172. The quantitative estimate of drug-likeness (QED) is 0.0447. The van der Waals surface area contributed by atoms with Crippen molar-refractivity contribution in [2.24, 2.45) is 4.58 Å². The Labute approximate surface area is 313 Å². The highest BCUT2D eigenvalue weighted by atomic mass is 79.9. The van der Waals surface area contributed by atoms with Crippen LogP contribution in [0.3, 0.4) is 0 Å². The molecule has 2 atom stereocenters. The summed E-state index contributed by atoms with van der Waals surface area (Å²) in [5.74, 6) is -3.22. The Bertz CT molecular complexity index is 1460. The molecule has 0 spiro atoms. The first-order chi connectivity index (χ1) is 24.2. The molecule has 51 heavy (non-hydrogen) atoms. The van der Waals surface area contributed by atoms with Gasteiger partial charge in [0.15, 0.2) is 0 Å². The Morgan fingerprint density at radius 1 is 0.765 bits per heavy atom. The van der Waals surface area contributed by atoms with Crippen molar-refractivity contribution in [2.45, 2.75) is 51.1 Å². The highest BCUT2D eigenvalue weighted by Gasteiger charge is 2.44. The van der Waals surface area contributed by atoms with E-state index in [-0.39, 0.29) is 54.5 Å². The van der Waals surface area contributed by atoms with Crippen LogP contribution in [0.5, 0.6) is 0 Å². The van der Waals surface area contributed by atoms with E-state index in [1.54, 1.807) is 6.92 Å². The number of benzene rings is 3. The molecular weight excluding hydrogens is 759 g/mol. The number of halogens is 1. The molecule has 3 aromatic carbocycles. The zero-order valence-corrected chi connectivity index (χ0v) is 31.9. The summed E-state index contributed by atoms with van der Waals surface area (Å²) in [6.45, 7) is 1.34. The molecule has 2 unspecified atom stereocenters. The van der Waals surface area contributed by atoms with Crippen molar-refractivity contribution >= 4 is 64.8 Å². The summed E-state index contributed by atoms with van der Waals surface area (Å²) in [5, 5.41) is 11.3.